The monoisotopic (exact) mass is 353 g/mol. The Balaban J connectivity index is 1.41. The maximum absolute atomic E-state index is 14.1. The molecule has 0 amide bonds. The maximum atomic E-state index is 14.1. The molecule has 2 aliphatic carbocycles. The van der Waals surface area contributed by atoms with Crippen LogP contribution in [0.15, 0.2) is 29.9 Å². The Morgan fingerprint density at radius 1 is 1.16 bits per heavy atom. The van der Waals surface area contributed by atoms with Gasteiger partial charge in [0.15, 0.2) is 5.83 Å². The molecule has 2 heterocycles. The third-order valence-corrected chi connectivity index (χ3v) is 5.88. The van der Waals surface area contributed by atoms with Gasteiger partial charge in [0.05, 0.1) is 13.1 Å². The van der Waals surface area contributed by atoms with Gasteiger partial charge in [0.2, 0.25) is 0 Å². The molecule has 25 heavy (non-hydrogen) atoms. The second kappa shape index (κ2) is 6.57. The molecule has 0 saturated heterocycles. The summed E-state index contributed by atoms with van der Waals surface area (Å²) in [6.45, 7) is 2.43. The van der Waals surface area contributed by atoms with Crippen molar-refractivity contribution >= 4 is 0 Å². The zero-order valence-electron chi connectivity index (χ0n) is 13.9. The molecule has 1 saturated carbocycles. The fourth-order valence-electron chi connectivity index (χ4n) is 4.48. The van der Waals surface area contributed by atoms with Crippen molar-refractivity contribution in [3.05, 3.63) is 35.7 Å². The van der Waals surface area contributed by atoms with Gasteiger partial charge in [-0.1, -0.05) is 0 Å². The highest BCUT2D eigenvalue weighted by atomic mass is 19.2. The third-order valence-electron chi connectivity index (χ3n) is 5.88. The van der Waals surface area contributed by atoms with Crippen molar-refractivity contribution in [2.45, 2.75) is 50.9 Å². The van der Waals surface area contributed by atoms with Crippen molar-refractivity contribution in [2.75, 3.05) is 6.54 Å². The first kappa shape index (κ1) is 16.8. The van der Waals surface area contributed by atoms with Crippen LogP contribution >= 0.6 is 0 Å². The zero-order valence-corrected chi connectivity index (χ0v) is 13.9. The first-order valence-corrected chi connectivity index (χ1v) is 8.80. The lowest BCUT2D eigenvalue weighted by Gasteiger charge is -2.43. The Bertz CT molecular complexity index is 713. The molecule has 0 bridgehead atoms. The molecular formula is C17H22F3N5. The summed E-state index contributed by atoms with van der Waals surface area (Å²) in [5, 5.41) is 4.18. The van der Waals surface area contributed by atoms with Gasteiger partial charge in [-0.15, -0.1) is 0 Å². The van der Waals surface area contributed by atoms with Crippen LogP contribution in [0.5, 0.6) is 0 Å². The van der Waals surface area contributed by atoms with E-state index >= 15 is 0 Å². The largest absolute Gasteiger partial charge is 0.327 e. The fourth-order valence-corrected chi connectivity index (χ4v) is 4.48. The van der Waals surface area contributed by atoms with Gasteiger partial charge in [-0.25, -0.2) is 22.8 Å². The van der Waals surface area contributed by atoms with Crippen molar-refractivity contribution in [3.8, 4) is 0 Å². The predicted molar refractivity (Wildman–Crippen MR) is 86.1 cm³/mol. The average molecular weight is 353 g/mol. The molecule has 0 radical (unpaired) electrons. The first-order valence-electron chi connectivity index (χ1n) is 8.80. The van der Waals surface area contributed by atoms with Crippen LogP contribution in [0.25, 0.3) is 0 Å². The Kier molecular flexibility index (Phi) is 4.41. The first-order chi connectivity index (χ1) is 12.0. The SMILES string of the molecule is NC1CC(N2CCn3ncnc3C2)CC[C@@H]1C1CC(F)=C(F)C=C1F. The van der Waals surface area contributed by atoms with Crippen LogP contribution in [0.4, 0.5) is 13.2 Å². The van der Waals surface area contributed by atoms with E-state index in [0.717, 1.165) is 44.7 Å². The molecule has 5 nitrogen and oxygen atoms in total. The Morgan fingerprint density at radius 2 is 2.00 bits per heavy atom. The topological polar surface area (TPSA) is 60.0 Å². The predicted octanol–water partition coefficient (Wildman–Crippen LogP) is 2.61. The molecule has 1 aromatic heterocycles. The number of hydrogen-bond donors (Lipinski definition) is 1. The van der Waals surface area contributed by atoms with Gasteiger partial charge < -0.3 is 5.73 Å². The highest BCUT2D eigenvalue weighted by Crippen LogP contribution is 2.42. The zero-order chi connectivity index (χ0) is 17.6. The number of fused-ring (bicyclic) bond motifs is 1. The van der Waals surface area contributed by atoms with E-state index in [1.165, 1.54) is 0 Å². The number of halogens is 3. The number of hydrogen-bond acceptors (Lipinski definition) is 4. The summed E-state index contributed by atoms with van der Waals surface area (Å²) in [5.74, 6) is -2.38. The van der Waals surface area contributed by atoms with Crippen LogP contribution in [-0.2, 0) is 13.1 Å². The smallest absolute Gasteiger partial charge is 0.157 e. The lowest BCUT2D eigenvalue weighted by atomic mass is 9.72. The van der Waals surface area contributed by atoms with Gasteiger partial charge in [0.25, 0.3) is 0 Å². The van der Waals surface area contributed by atoms with E-state index < -0.39 is 23.4 Å². The lowest BCUT2D eigenvalue weighted by Crippen LogP contribution is -2.50. The number of aromatic nitrogens is 3. The molecule has 3 aliphatic rings. The van der Waals surface area contributed by atoms with Crippen molar-refractivity contribution in [2.24, 2.45) is 17.6 Å². The summed E-state index contributed by atoms with van der Waals surface area (Å²) in [5.41, 5.74) is 6.34. The van der Waals surface area contributed by atoms with Crippen LogP contribution in [0.1, 0.15) is 31.5 Å². The molecule has 136 valence electrons. The molecule has 8 heteroatoms. The highest BCUT2D eigenvalue weighted by molar-refractivity contribution is 5.26. The minimum absolute atomic E-state index is 0.153. The van der Waals surface area contributed by atoms with Gasteiger partial charge in [0.1, 0.15) is 23.8 Å². The van der Waals surface area contributed by atoms with Crippen LogP contribution in [-0.4, -0.2) is 38.3 Å². The number of rotatable bonds is 2. The fraction of sp³-hybridized carbons (Fsp3) is 0.647. The van der Waals surface area contributed by atoms with E-state index in [1.807, 2.05) is 4.68 Å². The van der Waals surface area contributed by atoms with Gasteiger partial charge in [-0.3, -0.25) is 4.90 Å². The summed E-state index contributed by atoms with van der Waals surface area (Å²) >= 11 is 0. The second-order valence-corrected chi connectivity index (χ2v) is 7.26. The minimum atomic E-state index is -1.09. The second-order valence-electron chi connectivity index (χ2n) is 7.26. The van der Waals surface area contributed by atoms with Gasteiger partial charge in [-0.2, -0.15) is 5.10 Å². The van der Waals surface area contributed by atoms with E-state index in [4.69, 9.17) is 5.73 Å². The van der Waals surface area contributed by atoms with E-state index in [2.05, 4.69) is 15.0 Å². The quantitative estimate of drug-likeness (QED) is 0.888. The van der Waals surface area contributed by atoms with Crippen LogP contribution in [0.2, 0.25) is 0 Å². The molecule has 4 atom stereocenters. The molecule has 0 aromatic carbocycles. The van der Waals surface area contributed by atoms with Crippen molar-refractivity contribution in [3.63, 3.8) is 0 Å². The number of allylic oxidation sites excluding steroid dienone is 4. The third kappa shape index (κ3) is 3.13. The Labute approximate surface area is 144 Å². The van der Waals surface area contributed by atoms with Crippen LogP contribution in [0, 0.1) is 11.8 Å². The molecule has 1 aliphatic heterocycles. The standard InChI is InChI=1S/C17H22F3N5/c18-13-7-15(20)14(19)6-12(13)11-2-1-10(5-16(11)21)24-3-4-25-17(8-24)22-9-23-25/h7,9-12,16H,1-6,8,21H2/t10?,11-,12?,16?/m1/s1. The van der Waals surface area contributed by atoms with Gasteiger partial charge >= 0.3 is 0 Å². The Morgan fingerprint density at radius 3 is 2.80 bits per heavy atom. The van der Waals surface area contributed by atoms with Gasteiger partial charge in [0, 0.05) is 37.0 Å². The number of nitrogens with two attached hydrogens (primary N) is 1. The Hall–Kier alpha value is -1.67. The van der Waals surface area contributed by atoms with Crippen molar-refractivity contribution in [1.82, 2.24) is 19.7 Å². The average Bonchev–Trinajstić information content (AvgIpc) is 3.06. The maximum Gasteiger partial charge on any atom is 0.157 e. The minimum Gasteiger partial charge on any atom is -0.327 e. The molecule has 0 spiro atoms. The van der Waals surface area contributed by atoms with Crippen LogP contribution in [0.3, 0.4) is 0 Å². The molecule has 2 N–H and O–H groups in total. The molecule has 1 fully saturated rings. The van der Waals surface area contributed by atoms with Crippen molar-refractivity contribution < 1.29 is 13.2 Å². The number of nitrogens with zero attached hydrogens (tertiary/aromatic N) is 4. The van der Waals surface area contributed by atoms with E-state index in [-0.39, 0.29) is 18.4 Å². The van der Waals surface area contributed by atoms with Crippen molar-refractivity contribution in [1.29, 1.82) is 0 Å². The van der Waals surface area contributed by atoms with E-state index in [1.54, 1.807) is 6.33 Å². The lowest BCUT2D eigenvalue weighted by molar-refractivity contribution is 0.0779. The summed E-state index contributed by atoms with van der Waals surface area (Å²) in [7, 11) is 0. The summed E-state index contributed by atoms with van der Waals surface area (Å²) in [4.78, 5) is 6.63. The van der Waals surface area contributed by atoms with E-state index in [0.29, 0.717) is 12.1 Å². The molecular weight excluding hydrogens is 331 g/mol. The summed E-state index contributed by atoms with van der Waals surface area (Å²) < 4.78 is 42.8. The summed E-state index contributed by atoms with van der Waals surface area (Å²) in [6.07, 6.45) is 4.36. The highest BCUT2D eigenvalue weighted by Gasteiger charge is 2.40. The summed E-state index contributed by atoms with van der Waals surface area (Å²) in [6, 6.07) is 0.0844. The molecule has 1 aromatic rings. The van der Waals surface area contributed by atoms with Crippen LogP contribution < -0.4 is 5.73 Å². The van der Waals surface area contributed by atoms with Gasteiger partial charge in [-0.05, 0) is 25.2 Å². The molecule has 4 rings (SSSR count). The normalized spacial score (nSPS) is 34.0. The molecule has 3 unspecified atom stereocenters. The van der Waals surface area contributed by atoms with E-state index in [9.17, 15) is 13.2 Å².